The molecule has 0 spiro atoms. The Labute approximate surface area is 178 Å². The van der Waals surface area contributed by atoms with Crippen molar-refractivity contribution in [1.82, 2.24) is 19.7 Å². The summed E-state index contributed by atoms with van der Waals surface area (Å²) in [5, 5.41) is 8.72. The van der Waals surface area contributed by atoms with Crippen molar-refractivity contribution in [3.05, 3.63) is 53.8 Å². The lowest BCUT2D eigenvalue weighted by Gasteiger charge is -2.18. The summed E-state index contributed by atoms with van der Waals surface area (Å²) in [7, 11) is 6.64. The van der Waals surface area contributed by atoms with E-state index in [0.717, 1.165) is 5.56 Å². The normalized spacial score (nSPS) is 10.7. The molecule has 0 aliphatic carbocycles. The fourth-order valence-electron chi connectivity index (χ4n) is 2.90. The third-order valence-electron chi connectivity index (χ3n) is 4.57. The van der Waals surface area contributed by atoms with Crippen LogP contribution in [0.3, 0.4) is 0 Å². The number of methoxy groups -OCH3 is 2. The molecule has 0 saturated carbocycles. The first kappa shape index (κ1) is 21.6. The molecule has 30 heavy (non-hydrogen) atoms. The van der Waals surface area contributed by atoms with E-state index >= 15 is 0 Å². The first-order chi connectivity index (χ1) is 14.4. The summed E-state index contributed by atoms with van der Waals surface area (Å²) in [5.74, 6) is 1.43. The van der Waals surface area contributed by atoms with Crippen molar-refractivity contribution in [2.24, 2.45) is 7.05 Å². The fraction of sp³-hybridized carbons (Fsp3) is 0.286. The highest BCUT2D eigenvalue weighted by molar-refractivity contribution is 7.99. The number of rotatable bonds is 8. The van der Waals surface area contributed by atoms with E-state index in [2.05, 4.69) is 10.2 Å². The maximum absolute atomic E-state index is 14.0. The van der Waals surface area contributed by atoms with E-state index in [-0.39, 0.29) is 17.5 Å². The maximum atomic E-state index is 14.0. The summed E-state index contributed by atoms with van der Waals surface area (Å²) in [6.45, 7) is 0.430. The Balaban J connectivity index is 1.63. The predicted octanol–water partition coefficient (Wildman–Crippen LogP) is 3.39. The van der Waals surface area contributed by atoms with Gasteiger partial charge in [-0.15, -0.1) is 10.2 Å². The molecule has 7 nitrogen and oxygen atoms in total. The number of thioether (sulfide) groups is 1. The number of aromatic nitrogens is 3. The van der Waals surface area contributed by atoms with Crippen molar-refractivity contribution < 1.29 is 18.7 Å². The molecule has 2 aromatic carbocycles. The molecule has 0 saturated heterocycles. The Morgan fingerprint density at radius 2 is 1.87 bits per heavy atom. The molecule has 9 heteroatoms. The zero-order valence-electron chi connectivity index (χ0n) is 17.3. The number of halogens is 1. The molecular formula is C21H23FN4O3S. The number of nitrogens with zero attached hydrogens (tertiary/aromatic N) is 4. The third kappa shape index (κ3) is 4.73. The van der Waals surface area contributed by atoms with E-state index in [0.29, 0.717) is 34.6 Å². The molecule has 0 radical (unpaired) electrons. The Bertz CT molecular complexity index is 1040. The quantitative estimate of drug-likeness (QED) is 0.510. The van der Waals surface area contributed by atoms with Gasteiger partial charge in [0, 0.05) is 20.6 Å². The van der Waals surface area contributed by atoms with Crippen LogP contribution in [0.15, 0.2) is 47.6 Å². The zero-order valence-corrected chi connectivity index (χ0v) is 18.1. The van der Waals surface area contributed by atoms with Crippen LogP contribution in [0.2, 0.25) is 0 Å². The second-order valence-electron chi connectivity index (χ2n) is 6.57. The minimum atomic E-state index is -0.365. The average molecular weight is 431 g/mol. The summed E-state index contributed by atoms with van der Waals surface area (Å²) in [5.41, 5.74) is 1.30. The van der Waals surface area contributed by atoms with Crippen molar-refractivity contribution in [1.29, 1.82) is 0 Å². The molecule has 0 aliphatic rings. The number of ether oxygens (including phenoxy) is 2. The minimum Gasteiger partial charge on any atom is -0.493 e. The van der Waals surface area contributed by atoms with E-state index in [4.69, 9.17) is 9.47 Å². The Morgan fingerprint density at radius 1 is 1.13 bits per heavy atom. The third-order valence-corrected chi connectivity index (χ3v) is 5.57. The van der Waals surface area contributed by atoms with E-state index in [9.17, 15) is 9.18 Å². The van der Waals surface area contributed by atoms with E-state index < -0.39 is 0 Å². The van der Waals surface area contributed by atoms with Crippen molar-refractivity contribution in [2.45, 2.75) is 11.7 Å². The van der Waals surface area contributed by atoms with Crippen LogP contribution < -0.4 is 9.47 Å². The van der Waals surface area contributed by atoms with Crippen molar-refractivity contribution >= 4 is 17.7 Å². The Morgan fingerprint density at radius 3 is 2.57 bits per heavy atom. The van der Waals surface area contributed by atoms with Crippen LogP contribution in [0.4, 0.5) is 4.39 Å². The molecule has 0 bridgehead atoms. The van der Waals surface area contributed by atoms with Gasteiger partial charge in [0.15, 0.2) is 22.5 Å². The zero-order chi connectivity index (χ0) is 21.7. The van der Waals surface area contributed by atoms with Crippen molar-refractivity contribution in [3.63, 3.8) is 0 Å². The second kappa shape index (κ2) is 9.62. The van der Waals surface area contributed by atoms with Crippen LogP contribution in [0, 0.1) is 5.82 Å². The van der Waals surface area contributed by atoms with Crippen LogP contribution in [-0.4, -0.2) is 52.6 Å². The highest BCUT2D eigenvalue weighted by Gasteiger charge is 2.17. The highest BCUT2D eigenvalue weighted by Crippen LogP contribution is 2.28. The van der Waals surface area contributed by atoms with Gasteiger partial charge in [-0.1, -0.05) is 30.0 Å². The van der Waals surface area contributed by atoms with Crippen LogP contribution in [0.1, 0.15) is 5.56 Å². The van der Waals surface area contributed by atoms with Crippen LogP contribution in [0.5, 0.6) is 11.5 Å². The summed E-state index contributed by atoms with van der Waals surface area (Å²) >= 11 is 1.26. The van der Waals surface area contributed by atoms with Crippen LogP contribution >= 0.6 is 11.8 Å². The van der Waals surface area contributed by atoms with Gasteiger partial charge in [0.25, 0.3) is 0 Å². The fourth-order valence-corrected chi connectivity index (χ4v) is 3.75. The van der Waals surface area contributed by atoms with E-state index in [1.54, 1.807) is 56.0 Å². The molecular weight excluding hydrogens is 407 g/mol. The van der Waals surface area contributed by atoms with Gasteiger partial charge in [0.05, 0.1) is 25.5 Å². The Hall–Kier alpha value is -3.07. The summed E-state index contributed by atoms with van der Waals surface area (Å²) in [6, 6.07) is 11.9. The van der Waals surface area contributed by atoms with E-state index in [1.165, 1.54) is 17.8 Å². The van der Waals surface area contributed by atoms with Gasteiger partial charge < -0.3 is 18.9 Å². The number of amides is 1. The highest BCUT2D eigenvalue weighted by atomic mass is 32.2. The lowest BCUT2D eigenvalue weighted by molar-refractivity contribution is -0.127. The monoisotopic (exact) mass is 430 g/mol. The van der Waals surface area contributed by atoms with Gasteiger partial charge in [-0.2, -0.15) is 0 Å². The number of benzene rings is 2. The average Bonchev–Trinajstić information content (AvgIpc) is 3.12. The Kier molecular flexibility index (Phi) is 6.94. The van der Waals surface area contributed by atoms with Gasteiger partial charge in [-0.25, -0.2) is 4.39 Å². The summed E-state index contributed by atoms with van der Waals surface area (Å²) in [6.07, 6.45) is 0. The molecule has 0 aliphatic heterocycles. The summed E-state index contributed by atoms with van der Waals surface area (Å²) in [4.78, 5) is 14.2. The standard InChI is InChI=1S/C21H23FN4O3S/c1-25(12-14-9-10-17(28-3)18(11-14)29-4)19(27)13-30-21-24-23-20(26(21)2)15-7-5-6-8-16(15)22/h5-11H,12-13H2,1-4H3. The van der Waals surface area contributed by atoms with Gasteiger partial charge >= 0.3 is 0 Å². The smallest absolute Gasteiger partial charge is 0.233 e. The maximum Gasteiger partial charge on any atom is 0.233 e. The molecule has 1 aromatic heterocycles. The summed E-state index contributed by atoms with van der Waals surface area (Å²) < 4.78 is 26.3. The molecule has 0 atom stereocenters. The number of hydrogen-bond donors (Lipinski definition) is 0. The number of hydrogen-bond acceptors (Lipinski definition) is 6. The van der Waals surface area contributed by atoms with Crippen LogP contribution in [-0.2, 0) is 18.4 Å². The molecule has 0 fully saturated rings. The lowest BCUT2D eigenvalue weighted by atomic mass is 10.2. The minimum absolute atomic E-state index is 0.0646. The first-order valence-corrected chi connectivity index (χ1v) is 10.1. The predicted molar refractivity (Wildman–Crippen MR) is 113 cm³/mol. The van der Waals surface area contributed by atoms with Gasteiger partial charge in [0.1, 0.15) is 5.82 Å². The molecule has 158 valence electrons. The van der Waals surface area contributed by atoms with Crippen molar-refractivity contribution in [3.8, 4) is 22.9 Å². The first-order valence-electron chi connectivity index (χ1n) is 9.16. The van der Waals surface area contributed by atoms with Crippen LogP contribution in [0.25, 0.3) is 11.4 Å². The molecule has 1 heterocycles. The number of carbonyl (C=O) groups is 1. The van der Waals surface area contributed by atoms with Gasteiger partial charge in [-0.3, -0.25) is 4.79 Å². The molecule has 3 aromatic rings. The van der Waals surface area contributed by atoms with Gasteiger partial charge in [0.2, 0.25) is 5.91 Å². The number of carbonyl (C=O) groups excluding carboxylic acids is 1. The largest absolute Gasteiger partial charge is 0.493 e. The molecule has 0 N–H and O–H groups in total. The molecule has 3 rings (SSSR count). The van der Waals surface area contributed by atoms with Crippen molar-refractivity contribution in [2.75, 3.05) is 27.0 Å². The van der Waals surface area contributed by atoms with Gasteiger partial charge in [-0.05, 0) is 29.8 Å². The molecule has 0 unspecified atom stereocenters. The SMILES string of the molecule is COc1ccc(CN(C)C(=O)CSc2nnc(-c3ccccc3F)n2C)cc1OC. The second-order valence-corrected chi connectivity index (χ2v) is 7.52. The lowest BCUT2D eigenvalue weighted by Crippen LogP contribution is -2.27. The topological polar surface area (TPSA) is 69.5 Å². The molecule has 1 amide bonds. The van der Waals surface area contributed by atoms with E-state index in [1.807, 2.05) is 18.2 Å².